The fourth-order valence-electron chi connectivity index (χ4n) is 1.08. The van der Waals surface area contributed by atoms with Crippen molar-refractivity contribution in [1.29, 1.82) is 0 Å². The summed E-state index contributed by atoms with van der Waals surface area (Å²) in [6.07, 6.45) is 0. The Hall–Kier alpha value is -0.780. The normalized spacial score (nSPS) is 11.4. The fourth-order valence-corrected chi connectivity index (χ4v) is 2.64. The Morgan fingerprint density at radius 1 is 1.47 bits per heavy atom. The number of methoxy groups -OCH3 is 1. The predicted molar refractivity (Wildman–Crippen MR) is 58.9 cm³/mol. The highest BCUT2D eigenvalue weighted by Crippen LogP contribution is 2.25. The number of rotatable bonds is 4. The number of benzene rings is 1. The van der Waals surface area contributed by atoms with Gasteiger partial charge < -0.3 is 4.74 Å². The summed E-state index contributed by atoms with van der Waals surface area (Å²) in [5, 5.41) is 0.178. The molecule has 0 amide bonds. The molecule has 1 aromatic carbocycles. The molecule has 0 saturated heterocycles. The van der Waals surface area contributed by atoms with E-state index in [1.165, 1.54) is 19.2 Å². The van der Waals surface area contributed by atoms with Gasteiger partial charge in [0.2, 0.25) is 10.0 Å². The molecule has 0 aromatic heterocycles. The second-order valence-electron chi connectivity index (χ2n) is 2.80. The molecule has 0 saturated carbocycles. The largest absolute Gasteiger partial charge is 0.497 e. The minimum Gasteiger partial charge on any atom is -0.497 e. The number of ether oxygens (including phenoxy) is 1. The van der Waals surface area contributed by atoms with Crippen LogP contribution in [0.15, 0.2) is 23.1 Å². The van der Waals surface area contributed by atoms with Crippen LogP contribution in [0.4, 0.5) is 0 Å². The van der Waals surface area contributed by atoms with E-state index < -0.39 is 10.0 Å². The maximum Gasteiger partial charge on any atom is 0.242 e. The van der Waals surface area contributed by atoms with Gasteiger partial charge in [-0.3, -0.25) is 0 Å². The number of halogens is 1. The van der Waals surface area contributed by atoms with E-state index in [9.17, 15) is 8.42 Å². The Labute approximate surface area is 94.3 Å². The van der Waals surface area contributed by atoms with E-state index in [0.29, 0.717) is 12.3 Å². The van der Waals surface area contributed by atoms with Crippen LogP contribution in [0.3, 0.4) is 0 Å². The van der Waals surface area contributed by atoms with Crippen LogP contribution in [0.1, 0.15) is 6.92 Å². The number of sulfonamides is 1. The topological polar surface area (TPSA) is 55.4 Å². The van der Waals surface area contributed by atoms with Gasteiger partial charge >= 0.3 is 0 Å². The molecule has 0 atom stereocenters. The Kier molecular flexibility index (Phi) is 3.96. The van der Waals surface area contributed by atoms with Crippen molar-refractivity contribution >= 4 is 21.6 Å². The van der Waals surface area contributed by atoms with Crippen LogP contribution in [-0.4, -0.2) is 22.1 Å². The summed E-state index contributed by atoms with van der Waals surface area (Å²) in [6, 6.07) is 4.48. The van der Waals surface area contributed by atoms with E-state index in [4.69, 9.17) is 16.3 Å². The van der Waals surface area contributed by atoms with Crippen LogP contribution in [-0.2, 0) is 10.0 Å². The van der Waals surface area contributed by atoms with E-state index in [1.807, 2.05) is 0 Å². The van der Waals surface area contributed by atoms with Crippen LogP contribution in [0.25, 0.3) is 0 Å². The zero-order valence-corrected chi connectivity index (χ0v) is 10.0. The maximum atomic E-state index is 11.7. The summed E-state index contributed by atoms with van der Waals surface area (Å²) in [5.74, 6) is 0.455. The SMILES string of the molecule is CCNS(=O)(=O)c1cc(OC)ccc1Cl. The zero-order chi connectivity index (χ0) is 11.5. The van der Waals surface area contributed by atoms with Crippen molar-refractivity contribution < 1.29 is 13.2 Å². The van der Waals surface area contributed by atoms with Gasteiger partial charge in [0.15, 0.2) is 0 Å². The van der Waals surface area contributed by atoms with Gasteiger partial charge in [0, 0.05) is 12.6 Å². The third-order valence-electron chi connectivity index (χ3n) is 1.76. The molecule has 1 rings (SSSR count). The minimum absolute atomic E-state index is 0.0327. The van der Waals surface area contributed by atoms with Crippen molar-refractivity contribution in [2.45, 2.75) is 11.8 Å². The molecule has 4 nitrogen and oxygen atoms in total. The molecule has 0 heterocycles. The first-order valence-electron chi connectivity index (χ1n) is 4.34. The summed E-state index contributed by atoms with van der Waals surface area (Å²) in [7, 11) is -2.07. The Morgan fingerprint density at radius 2 is 2.13 bits per heavy atom. The predicted octanol–water partition coefficient (Wildman–Crippen LogP) is 1.65. The molecule has 84 valence electrons. The smallest absolute Gasteiger partial charge is 0.242 e. The first-order valence-corrected chi connectivity index (χ1v) is 6.20. The fraction of sp³-hybridized carbons (Fsp3) is 0.333. The van der Waals surface area contributed by atoms with Gasteiger partial charge in [0.05, 0.1) is 12.1 Å². The van der Waals surface area contributed by atoms with Gasteiger partial charge in [-0.15, -0.1) is 0 Å². The number of hydrogen-bond donors (Lipinski definition) is 1. The third kappa shape index (κ3) is 2.84. The molecule has 0 aliphatic rings. The van der Waals surface area contributed by atoms with Gasteiger partial charge in [0.25, 0.3) is 0 Å². The summed E-state index contributed by atoms with van der Waals surface area (Å²) in [4.78, 5) is 0.0327. The summed E-state index contributed by atoms with van der Waals surface area (Å²) < 4.78 is 30.6. The standard InChI is InChI=1S/C9H12ClNO3S/c1-3-11-15(12,13)9-6-7(14-2)4-5-8(9)10/h4-6,11H,3H2,1-2H3. The molecular formula is C9H12ClNO3S. The summed E-state index contributed by atoms with van der Waals surface area (Å²) >= 11 is 5.80. The number of nitrogens with one attached hydrogen (secondary N) is 1. The van der Waals surface area contributed by atoms with E-state index in [2.05, 4.69) is 4.72 Å². The lowest BCUT2D eigenvalue weighted by Gasteiger charge is -2.08. The first-order chi connectivity index (χ1) is 7.01. The highest BCUT2D eigenvalue weighted by atomic mass is 35.5. The minimum atomic E-state index is -3.54. The highest BCUT2D eigenvalue weighted by Gasteiger charge is 2.17. The van der Waals surface area contributed by atoms with Crippen LogP contribution >= 0.6 is 11.6 Å². The van der Waals surface area contributed by atoms with Crippen LogP contribution in [0.2, 0.25) is 5.02 Å². The van der Waals surface area contributed by atoms with Crippen molar-refractivity contribution in [3.05, 3.63) is 23.2 Å². The van der Waals surface area contributed by atoms with E-state index >= 15 is 0 Å². The Balaban J connectivity index is 3.24. The van der Waals surface area contributed by atoms with E-state index in [1.54, 1.807) is 13.0 Å². The Bertz CT molecular complexity index is 445. The van der Waals surface area contributed by atoms with Gasteiger partial charge in [-0.25, -0.2) is 13.1 Å². The zero-order valence-electron chi connectivity index (χ0n) is 8.45. The van der Waals surface area contributed by atoms with Crippen molar-refractivity contribution in [2.24, 2.45) is 0 Å². The molecule has 0 radical (unpaired) electrons. The van der Waals surface area contributed by atoms with Gasteiger partial charge in [0.1, 0.15) is 10.6 Å². The molecule has 6 heteroatoms. The molecule has 0 aliphatic heterocycles. The quantitative estimate of drug-likeness (QED) is 0.883. The molecule has 1 aromatic rings. The average molecular weight is 250 g/mol. The molecule has 0 spiro atoms. The first kappa shape index (κ1) is 12.3. The lowest BCUT2D eigenvalue weighted by atomic mass is 10.3. The molecule has 0 unspecified atom stereocenters. The van der Waals surface area contributed by atoms with Crippen LogP contribution < -0.4 is 9.46 Å². The van der Waals surface area contributed by atoms with Gasteiger partial charge in [-0.05, 0) is 12.1 Å². The third-order valence-corrected chi connectivity index (χ3v) is 3.79. The van der Waals surface area contributed by atoms with Gasteiger partial charge in [-0.2, -0.15) is 0 Å². The van der Waals surface area contributed by atoms with Crippen molar-refractivity contribution in [1.82, 2.24) is 4.72 Å². The molecule has 0 aliphatic carbocycles. The average Bonchev–Trinajstić information content (AvgIpc) is 2.18. The maximum absolute atomic E-state index is 11.7. The van der Waals surface area contributed by atoms with Crippen molar-refractivity contribution in [3.8, 4) is 5.75 Å². The second-order valence-corrected chi connectivity index (χ2v) is 4.94. The summed E-state index contributed by atoms with van der Waals surface area (Å²) in [5.41, 5.74) is 0. The lowest BCUT2D eigenvalue weighted by Crippen LogP contribution is -2.23. The number of hydrogen-bond acceptors (Lipinski definition) is 3. The highest BCUT2D eigenvalue weighted by molar-refractivity contribution is 7.89. The van der Waals surface area contributed by atoms with Crippen molar-refractivity contribution in [2.75, 3.05) is 13.7 Å². The van der Waals surface area contributed by atoms with Crippen molar-refractivity contribution in [3.63, 3.8) is 0 Å². The molecule has 0 fully saturated rings. The van der Waals surface area contributed by atoms with E-state index in [0.717, 1.165) is 0 Å². The lowest BCUT2D eigenvalue weighted by molar-refractivity contribution is 0.413. The molecule has 15 heavy (non-hydrogen) atoms. The second kappa shape index (κ2) is 4.83. The molecular weight excluding hydrogens is 238 g/mol. The van der Waals surface area contributed by atoms with E-state index in [-0.39, 0.29) is 9.92 Å². The summed E-state index contributed by atoms with van der Waals surface area (Å²) in [6.45, 7) is 2.02. The molecule has 0 bridgehead atoms. The van der Waals surface area contributed by atoms with Crippen LogP contribution in [0.5, 0.6) is 5.75 Å². The Morgan fingerprint density at radius 3 is 2.67 bits per heavy atom. The monoisotopic (exact) mass is 249 g/mol. The molecule has 1 N–H and O–H groups in total. The van der Waals surface area contributed by atoms with Crippen LogP contribution in [0, 0.1) is 0 Å². The van der Waals surface area contributed by atoms with Gasteiger partial charge in [-0.1, -0.05) is 18.5 Å².